The second-order valence-corrected chi connectivity index (χ2v) is 9.51. The molecule has 1 heterocycles. The number of hydrogen-bond acceptors (Lipinski definition) is 4. The summed E-state index contributed by atoms with van der Waals surface area (Å²) in [5, 5.41) is 5.61. The van der Waals surface area contributed by atoms with Crippen LogP contribution in [0.5, 0.6) is 0 Å². The maximum Gasteiger partial charge on any atom is 0.248 e. The van der Waals surface area contributed by atoms with Gasteiger partial charge >= 0.3 is 0 Å². The van der Waals surface area contributed by atoms with Crippen molar-refractivity contribution in [3.05, 3.63) is 89.9 Å². The highest BCUT2D eigenvalue weighted by Crippen LogP contribution is 2.32. The monoisotopic (exact) mass is 490 g/mol. The standard InChI is InChI=1S/C28H31FN4O3/c1-19-9-5-6-10-22(19)33(25(35)17-16-24(34)31-23-11-7-8-18-30-23)26(27(36)32-28(2,3)4)20-12-14-21(29)15-13-20/h5-15,18,26H,16-17H2,1-4H3,(H,32,36)(H,30,31,34)/t26-/m0/s1. The molecule has 0 aliphatic rings. The largest absolute Gasteiger partial charge is 0.349 e. The molecule has 0 radical (unpaired) electrons. The molecular formula is C28H31FN4O3. The Kier molecular flexibility index (Phi) is 8.53. The van der Waals surface area contributed by atoms with E-state index >= 15 is 0 Å². The first-order chi connectivity index (χ1) is 17.0. The third kappa shape index (κ3) is 7.21. The van der Waals surface area contributed by atoms with Crippen LogP contribution < -0.4 is 15.5 Å². The lowest BCUT2D eigenvalue weighted by Gasteiger charge is -2.34. The molecule has 0 spiro atoms. The lowest BCUT2D eigenvalue weighted by Crippen LogP contribution is -2.49. The van der Waals surface area contributed by atoms with Crippen LogP contribution in [0.25, 0.3) is 0 Å². The number of anilines is 2. The van der Waals surface area contributed by atoms with E-state index in [1.165, 1.54) is 29.2 Å². The molecule has 188 valence electrons. The van der Waals surface area contributed by atoms with Gasteiger partial charge in [-0.2, -0.15) is 0 Å². The SMILES string of the molecule is Cc1ccccc1N(C(=O)CCC(=O)Nc1ccccn1)[C@H](C(=O)NC(C)(C)C)c1ccc(F)cc1. The van der Waals surface area contributed by atoms with E-state index in [4.69, 9.17) is 0 Å². The number of rotatable bonds is 8. The van der Waals surface area contributed by atoms with Gasteiger partial charge in [0.15, 0.2) is 0 Å². The average Bonchev–Trinajstić information content (AvgIpc) is 2.82. The minimum atomic E-state index is -1.07. The van der Waals surface area contributed by atoms with E-state index in [0.29, 0.717) is 17.1 Å². The first-order valence-corrected chi connectivity index (χ1v) is 11.7. The van der Waals surface area contributed by atoms with Crippen LogP contribution in [0.15, 0.2) is 72.9 Å². The highest BCUT2D eigenvalue weighted by Gasteiger charge is 2.35. The summed E-state index contributed by atoms with van der Waals surface area (Å²) >= 11 is 0. The zero-order valence-corrected chi connectivity index (χ0v) is 20.9. The van der Waals surface area contributed by atoms with Crippen molar-refractivity contribution in [2.24, 2.45) is 0 Å². The topological polar surface area (TPSA) is 91.4 Å². The van der Waals surface area contributed by atoms with Gasteiger partial charge in [0.1, 0.15) is 17.7 Å². The molecular weight excluding hydrogens is 459 g/mol. The van der Waals surface area contributed by atoms with Crippen LogP contribution in [0, 0.1) is 12.7 Å². The Morgan fingerprint density at radius 1 is 0.944 bits per heavy atom. The highest BCUT2D eigenvalue weighted by molar-refractivity contribution is 6.03. The fraction of sp³-hybridized carbons (Fsp3) is 0.286. The van der Waals surface area contributed by atoms with E-state index in [9.17, 15) is 18.8 Å². The second-order valence-electron chi connectivity index (χ2n) is 9.51. The minimum absolute atomic E-state index is 0.102. The summed E-state index contributed by atoms with van der Waals surface area (Å²) in [6.07, 6.45) is 1.31. The predicted molar refractivity (Wildman–Crippen MR) is 138 cm³/mol. The van der Waals surface area contributed by atoms with Crippen molar-refractivity contribution in [1.82, 2.24) is 10.3 Å². The van der Waals surface area contributed by atoms with Gasteiger partial charge < -0.3 is 10.6 Å². The van der Waals surface area contributed by atoms with Crippen LogP contribution in [0.4, 0.5) is 15.9 Å². The number of pyridine rings is 1. The summed E-state index contributed by atoms with van der Waals surface area (Å²) in [7, 11) is 0. The van der Waals surface area contributed by atoms with Crippen LogP contribution in [-0.2, 0) is 14.4 Å². The Labute approximate surface area is 210 Å². The van der Waals surface area contributed by atoms with Gasteiger partial charge in [-0.05, 0) is 69.2 Å². The van der Waals surface area contributed by atoms with Crippen molar-refractivity contribution in [3.63, 3.8) is 0 Å². The fourth-order valence-corrected chi connectivity index (χ4v) is 3.73. The third-order valence-corrected chi connectivity index (χ3v) is 5.33. The Bertz CT molecular complexity index is 1210. The van der Waals surface area contributed by atoms with Gasteiger partial charge in [0.05, 0.1) is 0 Å². The molecule has 36 heavy (non-hydrogen) atoms. The second kappa shape index (κ2) is 11.6. The number of carbonyl (C=O) groups is 3. The summed E-state index contributed by atoms with van der Waals surface area (Å²) in [5.74, 6) is -1.26. The van der Waals surface area contributed by atoms with Gasteiger partial charge in [0.25, 0.3) is 0 Å². The molecule has 0 unspecified atom stereocenters. The molecule has 1 aromatic heterocycles. The zero-order chi connectivity index (χ0) is 26.3. The first-order valence-electron chi connectivity index (χ1n) is 11.7. The number of halogens is 1. The molecule has 0 bridgehead atoms. The molecule has 0 saturated carbocycles. The molecule has 0 fully saturated rings. The number of aryl methyl sites for hydroxylation is 1. The predicted octanol–water partition coefficient (Wildman–Crippen LogP) is 4.94. The van der Waals surface area contributed by atoms with E-state index in [1.54, 1.807) is 36.5 Å². The molecule has 2 N–H and O–H groups in total. The molecule has 7 nitrogen and oxygen atoms in total. The van der Waals surface area contributed by atoms with Gasteiger partial charge in [0.2, 0.25) is 17.7 Å². The minimum Gasteiger partial charge on any atom is -0.349 e. The third-order valence-electron chi connectivity index (χ3n) is 5.33. The van der Waals surface area contributed by atoms with E-state index in [2.05, 4.69) is 15.6 Å². The number of carbonyl (C=O) groups excluding carboxylic acids is 3. The van der Waals surface area contributed by atoms with Gasteiger partial charge in [-0.3, -0.25) is 19.3 Å². The highest BCUT2D eigenvalue weighted by atomic mass is 19.1. The van der Waals surface area contributed by atoms with Crippen molar-refractivity contribution in [1.29, 1.82) is 0 Å². The van der Waals surface area contributed by atoms with Crippen LogP contribution in [0.1, 0.15) is 50.8 Å². The van der Waals surface area contributed by atoms with Crippen LogP contribution >= 0.6 is 0 Å². The maximum absolute atomic E-state index is 13.7. The fourth-order valence-electron chi connectivity index (χ4n) is 3.73. The molecule has 0 aliphatic carbocycles. The van der Waals surface area contributed by atoms with Crippen molar-refractivity contribution >= 4 is 29.2 Å². The quantitative estimate of drug-likeness (QED) is 0.468. The maximum atomic E-state index is 13.7. The van der Waals surface area contributed by atoms with Crippen molar-refractivity contribution in [3.8, 4) is 0 Å². The van der Waals surface area contributed by atoms with Crippen LogP contribution in [0.3, 0.4) is 0 Å². The molecule has 3 amide bonds. The van der Waals surface area contributed by atoms with Crippen molar-refractivity contribution < 1.29 is 18.8 Å². The smallest absolute Gasteiger partial charge is 0.248 e. The van der Waals surface area contributed by atoms with Crippen LogP contribution in [0.2, 0.25) is 0 Å². The summed E-state index contributed by atoms with van der Waals surface area (Å²) in [6, 6.07) is 16.8. The molecule has 2 aromatic carbocycles. The molecule has 0 saturated heterocycles. The number of amides is 3. The number of hydrogen-bond donors (Lipinski definition) is 2. The summed E-state index contributed by atoms with van der Waals surface area (Å²) in [5.41, 5.74) is 1.19. The molecule has 1 atom stereocenters. The lowest BCUT2D eigenvalue weighted by molar-refractivity contribution is -0.128. The Hall–Kier alpha value is -4.07. The average molecular weight is 491 g/mol. The van der Waals surface area contributed by atoms with Gasteiger partial charge in [-0.15, -0.1) is 0 Å². The van der Waals surface area contributed by atoms with Crippen LogP contribution in [-0.4, -0.2) is 28.2 Å². The lowest BCUT2D eigenvalue weighted by atomic mass is 9.99. The summed E-state index contributed by atoms with van der Waals surface area (Å²) in [6.45, 7) is 7.37. The zero-order valence-electron chi connectivity index (χ0n) is 20.9. The van der Waals surface area contributed by atoms with Crippen molar-refractivity contribution in [2.75, 3.05) is 10.2 Å². The molecule has 3 rings (SSSR count). The van der Waals surface area contributed by atoms with Gasteiger partial charge in [-0.25, -0.2) is 9.37 Å². The number of benzene rings is 2. The summed E-state index contributed by atoms with van der Waals surface area (Å²) < 4.78 is 13.7. The Morgan fingerprint density at radius 3 is 2.22 bits per heavy atom. The van der Waals surface area contributed by atoms with Crippen molar-refractivity contribution in [2.45, 2.75) is 52.1 Å². The molecule has 0 aliphatic heterocycles. The Morgan fingerprint density at radius 2 is 1.61 bits per heavy atom. The number of nitrogens with zero attached hydrogens (tertiary/aromatic N) is 2. The molecule has 3 aromatic rings. The van der Waals surface area contributed by atoms with E-state index in [0.717, 1.165) is 5.56 Å². The van der Waals surface area contributed by atoms with E-state index in [1.807, 2.05) is 39.8 Å². The van der Waals surface area contributed by atoms with E-state index in [-0.39, 0.29) is 18.7 Å². The Balaban J connectivity index is 1.96. The summed E-state index contributed by atoms with van der Waals surface area (Å²) in [4.78, 5) is 45.2. The number of aromatic nitrogens is 1. The normalized spacial score (nSPS) is 11.9. The molecule has 8 heteroatoms. The number of para-hydroxylation sites is 1. The first kappa shape index (κ1) is 26.5. The number of nitrogens with one attached hydrogen (secondary N) is 2. The van der Waals surface area contributed by atoms with Gasteiger partial charge in [0, 0.05) is 30.3 Å². The van der Waals surface area contributed by atoms with E-state index < -0.39 is 29.2 Å². The van der Waals surface area contributed by atoms with Gasteiger partial charge in [-0.1, -0.05) is 36.4 Å².